The highest BCUT2D eigenvalue weighted by atomic mass is 79.9. The van der Waals surface area contributed by atoms with E-state index in [-0.39, 0.29) is 5.91 Å². The van der Waals surface area contributed by atoms with Gasteiger partial charge in [-0.15, -0.1) is 0 Å². The number of hydrogen-bond acceptors (Lipinski definition) is 3. The van der Waals surface area contributed by atoms with Crippen LogP contribution in [0.15, 0.2) is 28.7 Å². The Balaban J connectivity index is 2.08. The maximum Gasteiger partial charge on any atom is 0.238 e. The third-order valence-corrected chi connectivity index (χ3v) is 3.09. The van der Waals surface area contributed by atoms with Gasteiger partial charge in [0.1, 0.15) is 0 Å². The number of unbranched alkanes of at least 4 members (excludes halogenated alkanes) is 2. The van der Waals surface area contributed by atoms with Crippen LogP contribution in [-0.4, -0.2) is 32.7 Å². The highest BCUT2D eigenvalue weighted by Crippen LogP contribution is 2.15. The highest BCUT2D eigenvalue weighted by Gasteiger charge is 2.01. The van der Waals surface area contributed by atoms with Gasteiger partial charge in [-0.3, -0.25) is 4.79 Å². The zero-order valence-corrected chi connectivity index (χ0v) is 12.8. The van der Waals surface area contributed by atoms with Gasteiger partial charge < -0.3 is 15.4 Å². The molecule has 1 rings (SSSR count). The molecule has 0 saturated carbocycles. The summed E-state index contributed by atoms with van der Waals surface area (Å²) in [6.07, 6.45) is 3.25. The second-order valence-corrected chi connectivity index (χ2v) is 5.20. The van der Waals surface area contributed by atoms with E-state index in [4.69, 9.17) is 4.74 Å². The second-order valence-electron chi connectivity index (χ2n) is 4.29. The van der Waals surface area contributed by atoms with Gasteiger partial charge in [-0.05, 0) is 44.0 Å². The standard InChI is InChI=1S/C14H21BrN2O2/c1-19-9-4-2-3-8-16-11-14(18)17-13-7-5-6-12(15)10-13/h5-7,10,16H,2-4,8-9,11H2,1H3,(H,17,18). The number of ether oxygens (including phenoxy) is 1. The van der Waals surface area contributed by atoms with Crippen LogP contribution in [0.1, 0.15) is 19.3 Å². The van der Waals surface area contributed by atoms with E-state index in [1.54, 1.807) is 7.11 Å². The second kappa shape index (κ2) is 9.95. The molecule has 0 aliphatic rings. The molecule has 0 spiro atoms. The Kier molecular flexibility index (Phi) is 8.45. The van der Waals surface area contributed by atoms with Gasteiger partial charge in [0, 0.05) is 23.9 Å². The predicted octanol–water partition coefficient (Wildman–Crippen LogP) is 2.79. The third-order valence-electron chi connectivity index (χ3n) is 2.60. The molecule has 0 atom stereocenters. The summed E-state index contributed by atoms with van der Waals surface area (Å²) >= 11 is 3.37. The van der Waals surface area contributed by atoms with Crippen molar-refractivity contribution in [3.8, 4) is 0 Å². The van der Waals surface area contributed by atoms with E-state index in [1.165, 1.54) is 0 Å². The molecule has 0 aliphatic heterocycles. The fourth-order valence-corrected chi connectivity index (χ4v) is 2.05. The maximum atomic E-state index is 11.7. The quantitative estimate of drug-likeness (QED) is 0.685. The normalized spacial score (nSPS) is 10.4. The van der Waals surface area contributed by atoms with E-state index in [9.17, 15) is 4.79 Å². The van der Waals surface area contributed by atoms with Crippen molar-refractivity contribution in [3.05, 3.63) is 28.7 Å². The number of rotatable bonds is 9. The average Bonchev–Trinajstić information content (AvgIpc) is 2.37. The van der Waals surface area contributed by atoms with Crippen molar-refractivity contribution in [2.45, 2.75) is 19.3 Å². The fraction of sp³-hybridized carbons (Fsp3) is 0.500. The minimum atomic E-state index is -0.0185. The van der Waals surface area contributed by atoms with E-state index in [0.29, 0.717) is 6.54 Å². The van der Waals surface area contributed by atoms with Crippen LogP contribution in [0.4, 0.5) is 5.69 Å². The minimum Gasteiger partial charge on any atom is -0.385 e. The first kappa shape index (κ1) is 16.1. The largest absolute Gasteiger partial charge is 0.385 e. The van der Waals surface area contributed by atoms with Crippen LogP contribution in [0.5, 0.6) is 0 Å². The molecule has 1 amide bonds. The van der Waals surface area contributed by atoms with Gasteiger partial charge in [-0.2, -0.15) is 0 Å². The first-order valence-electron chi connectivity index (χ1n) is 6.47. The van der Waals surface area contributed by atoms with Gasteiger partial charge in [0.05, 0.1) is 6.54 Å². The summed E-state index contributed by atoms with van der Waals surface area (Å²) in [7, 11) is 1.71. The number of amides is 1. The van der Waals surface area contributed by atoms with E-state index >= 15 is 0 Å². The predicted molar refractivity (Wildman–Crippen MR) is 81.4 cm³/mol. The van der Waals surface area contributed by atoms with Gasteiger partial charge in [0.25, 0.3) is 0 Å². The number of benzene rings is 1. The lowest BCUT2D eigenvalue weighted by Crippen LogP contribution is -2.28. The Labute approximate surface area is 123 Å². The summed E-state index contributed by atoms with van der Waals surface area (Å²) in [4.78, 5) is 11.7. The molecule has 0 unspecified atom stereocenters. The van der Waals surface area contributed by atoms with Crippen molar-refractivity contribution >= 4 is 27.5 Å². The number of hydrogen-bond donors (Lipinski definition) is 2. The molecule has 1 aromatic carbocycles. The molecule has 106 valence electrons. The van der Waals surface area contributed by atoms with Crippen LogP contribution in [0.25, 0.3) is 0 Å². The first-order valence-corrected chi connectivity index (χ1v) is 7.27. The van der Waals surface area contributed by atoms with Gasteiger partial charge in [-0.1, -0.05) is 22.0 Å². The number of nitrogens with one attached hydrogen (secondary N) is 2. The van der Waals surface area contributed by atoms with E-state index in [1.807, 2.05) is 24.3 Å². The topological polar surface area (TPSA) is 50.4 Å². The van der Waals surface area contributed by atoms with Crippen LogP contribution in [-0.2, 0) is 9.53 Å². The zero-order valence-electron chi connectivity index (χ0n) is 11.2. The van der Waals surface area contributed by atoms with Crippen LogP contribution >= 0.6 is 15.9 Å². The summed E-state index contributed by atoms with van der Waals surface area (Å²) < 4.78 is 5.93. The lowest BCUT2D eigenvalue weighted by atomic mass is 10.2. The van der Waals surface area contributed by atoms with Crippen molar-refractivity contribution in [2.75, 3.05) is 32.1 Å². The number of anilines is 1. The number of carbonyl (C=O) groups is 1. The van der Waals surface area contributed by atoms with Crippen molar-refractivity contribution in [3.63, 3.8) is 0 Å². The Morgan fingerprint density at radius 2 is 2.16 bits per heavy atom. The van der Waals surface area contributed by atoms with Crippen LogP contribution in [0.2, 0.25) is 0 Å². The monoisotopic (exact) mass is 328 g/mol. The van der Waals surface area contributed by atoms with Gasteiger partial charge >= 0.3 is 0 Å². The summed E-state index contributed by atoms with van der Waals surface area (Å²) in [6.45, 7) is 2.01. The van der Waals surface area contributed by atoms with Gasteiger partial charge in [0.15, 0.2) is 0 Å². The molecular weight excluding hydrogens is 308 g/mol. The molecule has 0 bridgehead atoms. The summed E-state index contributed by atoms with van der Waals surface area (Å²) in [6, 6.07) is 7.56. The van der Waals surface area contributed by atoms with Crippen LogP contribution in [0, 0.1) is 0 Å². The number of halogens is 1. The highest BCUT2D eigenvalue weighted by molar-refractivity contribution is 9.10. The van der Waals surface area contributed by atoms with Crippen molar-refractivity contribution in [1.82, 2.24) is 5.32 Å². The summed E-state index contributed by atoms with van der Waals surface area (Å²) in [5.74, 6) is -0.0185. The molecule has 1 aromatic rings. The lowest BCUT2D eigenvalue weighted by molar-refractivity contribution is -0.115. The van der Waals surface area contributed by atoms with E-state index < -0.39 is 0 Å². The number of carbonyl (C=O) groups excluding carboxylic acids is 1. The molecule has 2 N–H and O–H groups in total. The van der Waals surface area contributed by atoms with Crippen LogP contribution < -0.4 is 10.6 Å². The molecule has 0 aliphatic carbocycles. The molecular formula is C14H21BrN2O2. The molecule has 5 heteroatoms. The van der Waals surface area contributed by atoms with E-state index in [2.05, 4.69) is 26.6 Å². The first-order chi connectivity index (χ1) is 9.22. The van der Waals surface area contributed by atoms with E-state index in [0.717, 1.165) is 42.6 Å². The molecule has 0 fully saturated rings. The van der Waals surface area contributed by atoms with Crippen molar-refractivity contribution in [2.24, 2.45) is 0 Å². The number of methoxy groups -OCH3 is 1. The molecule has 0 radical (unpaired) electrons. The third kappa shape index (κ3) is 7.97. The van der Waals surface area contributed by atoms with Crippen molar-refractivity contribution < 1.29 is 9.53 Å². The molecule has 0 aromatic heterocycles. The Morgan fingerprint density at radius 1 is 1.32 bits per heavy atom. The molecule has 4 nitrogen and oxygen atoms in total. The molecule has 0 saturated heterocycles. The maximum absolute atomic E-state index is 11.7. The van der Waals surface area contributed by atoms with Crippen LogP contribution in [0.3, 0.4) is 0 Å². The zero-order chi connectivity index (χ0) is 13.9. The Morgan fingerprint density at radius 3 is 2.89 bits per heavy atom. The average molecular weight is 329 g/mol. The summed E-state index contributed by atoms with van der Waals surface area (Å²) in [5.41, 5.74) is 0.807. The van der Waals surface area contributed by atoms with Gasteiger partial charge in [-0.25, -0.2) is 0 Å². The summed E-state index contributed by atoms with van der Waals surface area (Å²) in [5, 5.41) is 5.97. The fourth-order valence-electron chi connectivity index (χ4n) is 1.65. The lowest BCUT2D eigenvalue weighted by Gasteiger charge is -2.07. The Bertz CT molecular complexity index is 385. The smallest absolute Gasteiger partial charge is 0.238 e. The van der Waals surface area contributed by atoms with Crippen molar-refractivity contribution in [1.29, 1.82) is 0 Å². The SMILES string of the molecule is COCCCCCNCC(=O)Nc1cccc(Br)c1. The Hall–Kier alpha value is -0.910. The molecule has 0 heterocycles. The minimum absolute atomic E-state index is 0.0185. The van der Waals surface area contributed by atoms with Gasteiger partial charge in [0.2, 0.25) is 5.91 Å². The molecule has 19 heavy (non-hydrogen) atoms.